The van der Waals surface area contributed by atoms with Gasteiger partial charge in [0.2, 0.25) is 5.91 Å². The van der Waals surface area contributed by atoms with Gasteiger partial charge < -0.3 is 30.5 Å². The van der Waals surface area contributed by atoms with E-state index in [1.807, 2.05) is 43.4 Å². The Bertz CT molecular complexity index is 1400. The number of aromatic nitrogens is 2. The molecule has 10 nitrogen and oxygen atoms in total. The molecule has 41 heavy (non-hydrogen) atoms. The maximum Gasteiger partial charge on any atom is 0.247 e. The highest BCUT2D eigenvalue weighted by atomic mass is 16.5. The van der Waals surface area contributed by atoms with Crippen molar-refractivity contribution in [3.8, 4) is 17.0 Å². The van der Waals surface area contributed by atoms with Crippen LogP contribution in [0.1, 0.15) is 31.2 Å². The van der Waals surface area contributed by atoms with Gasteiger partial charge in [-0.2, -0.15) is 0 Å². The number of benzene rings is 2. The summed E-state index contributed by atoms with van der Waals surface area (Å²) in [4.78, 5) is 25.9. The Kier molecular flexibility index (Phi) is 9.57. The topological polar surface area (TPSA) is 120 Å². The van der Waals surface area contributed by atoms with E-state index in [9.17, 15) is 4.79 Å². The molecule has 0 atom stereocenters. The van der Waals surface area contributed by atoms with E-state index in [1.54, 1.807) is 13.3 Å². The van der Waals surface area contributed by atoms with Crippen LogP contribution in [0.4, 0.5) is 28.6 Å². The summed E-state index contributed by atoms with van der Waals surface area (Å²) in [5.41, 5.74) is 5.64. The Morgan fingerprint density at radius 2 is 1.76 bits per heavy atom. The number of carbonyl (C=O) groups excluding carboxylic acids is 1. The van der Waals surface area contributed by atoms with Gasteiger partial charge in [-0.25, -0.2) is 9.97 Å². The molecule has 1 aliphatic rings. The second-order valence-corrected chi connectivity index (χ2v) is 10.4. The molecule has 0 saturated heterocycles. The first-order valence-electron chi connectivity index (χ1n) is 13.8. The van der Waals surface area contributed by atoms with Crippen LogP contribution in [0.25, 0.3) is 11.3 Å². The summed E-state index contributed by atoms with van der Waals surface area (Å²) >= 11 is 0. The molecule has 0 unspecified atom stereocenters. The van der Waals surface area contributed by atoms with Gasteiger partial charge in [0.05, 0.1) is 35.4 Å². The number of hydrogen-bond acceptors (Lipinski definition) is 8. The second kappa shape index (κ2) is 13.3. The summed E-state index contributed by atoms with van der Waals surface area (Å²) in [6, 6.07) is 12.6. The van der Waals surface area contributed by atoms with E-state index < -0.39 is 0 Å². The third kappa shape index (κ3) is 6.83. The van der Waals surface area contributed by atoms with Crippen LogP contribution < -0.4 is 31.0 Å². The normalized spacial score (nSPS) is 16.5. The van der Waals surface area contributed by atoms with Gasteiger partial charge in [0.15, 0.2) is 6.21 Å². The molecule has 5 N–H and O–H groups in total. The van der Waals surface area contributed by atoms with E-state index in [-0.39, 0.29) is 5.91 Å². The summed E-state index contributed by atoms with van der Waals surface area (Å²) in [5, 5.41) is 15.3. The van der Waals surface area contributed by atoms with Crippen molar-refractivity contribution < 1.29 is 14.9 Å². The minimum Gasteiger partial charge on any atom is -0.494 e. The fraction of sp³-hybridized carbons (Fsp3) is 0.355. The van der Waals surface area contributed by atoms with Crippen molar-refractivity contribution in [1.29, 1.82) is 0 Å². The van der Waals surface area contributed by atoms with Crippen LogP contribution in [0.15, 0.2) is 55.4 Å². The Balaban J connectivity index is 1.65. The van der Waals surface area contributed by atoms with Gasteiger partial charge in [-0.05, 0) is 64.1 Å². The summed E-state index contributed by atoms with van der Waals surface area (Å²) in [6.45, 7) is 3.63. The van der Waals surface area contributed by atoms with Crippen molar-refractivity contribution in [2.45, 2.75) is 37.8 Å². The van der Waals surface area contributed by atoms with Crippen LogP contribution in [0.5, 0.6) is 5.75 Å². The number of rotatable bonds is 11. The lowest BCUT2D eigenvalue weighted by Gasteiger charge is -2.39. The van der Waals surface area contributed by atoms with Gasteiger partial charge in [-0.15, -0.1) is 0 Å². The van der Waals surface area contributed by atoms with Gasteiger partial charge in [0.1, 0.15) is 17.9 Å². The number of methoxy groups -OCH3 is 1. The molecule has 1 aliphatic carbocycles. The first kappa shape index (κ1) is 29.5. The lowest BCUT2D eigenvalue weighted by atomic mass is 9.89. The summed E-state index contributed by atoms with van der Waals surface area (Å²) in [6.07, 6.45) is 8.74. The average molecular weight is 558 g/mol. The SMILES string of the molecule is C=CC(=O)Nc1cc(Nc2cc(-c3ccc(NC)c(C=[NH2+])c3)ncn2)c(OC)cc1N(C)C1CCC(N(C)C)CC1. The molecule has 2 aromatic carbocycles. The zero-order valence-electron chi connectivity index (χ0n) is 24.6. The van der Waals surface area contributed by atoms with E-state index in [4.69, 9.17) is 10.1 Å². The number of anilines is 5. The van der Waals surface area contributed by atoms with Crippen LogP contribution in [0, 0.1) is 0 Å². The molecule has 1 amide bonds. The summed E-state index contributed by atoms with van der Waals surface area (Å²) in [7, 11) is 9.85. The molecular weight excluding hydrogens is 516 g/mol. The molecule has 216 valence electrons. The van der Waals surface area contributed by atoms with Crippen LogP contribution in [-0.4, -0.2) is 74.4 Å². The molecule has 1 saturated carbocycles. The maximum absolute atomic E-state index is 12.4. The standard InChI is InChI=1S/C31H40N8O2/c1-7-31(40)37-26-15-27(29(41-6)17-28(26)39(5)23-11-9-22(10-12-23)38(3)4)36-30-16-25(34-19-35-30)20-8-13-24(33-2)21(14-20)18-32/h7-8,13-19,22-23,32-33H,1,9-12H2,2-6H3,(H,37,40)(H,34,35,36)/p+1. The molecule has 1 aromatic heterocycles. The lowest BCUT2D eigenvalue weighted by molar-refractivity contribution is -0.112. The summed E-state index contributed by atoms with van der Waals surface area (Å²) < 4.78 is 5.80. The predicted molar refractivity (Wildman–Crippen MR) is 167 cm³/mol. The van der Waals surface area contributed by atoms with Gasteiger partial charge >= 0.3 is 0 Å². The van der Waals surface area contributed by atoms with Gasteiger partial charge in [-0.1, -0.05) is 12.6 Å². The lowest BCUT2D eigenvalue weighted by Crippen LogP contribution is -2.40. The Morgan fingerprint density at radius 1 is 1.02 bits per heavy atom. The highest BCUT2D eigenvalue weighted by Crippen LogP contribution is 2.40. The fourth-order valence-corrected chi connectivity index (χ4v) is 5.38. The summed E-state index contributed by atoms with van der Waals surface area (Å²) in [5.74, 6) is 0.922. The molecule has 0 spiro atoms. The number of nitrogens with two attached hydrogens (primary N) is 1. The average Bonchev–Trinajstić information content (AvgIpc) is 3.00. The molecule has 0 radical (unpaired) electrons. The Labute approximate surface area is 242 Å². The molecule has 0 bridgehead atoms. The van der Waals surface area contributed by atoms with Crippen molar-refractivity contribution in [2.75, 3.05) is 56.2 Å². The highest BCUT2D eigenvalue weighted by molar-refractivity contribution is 6.02. The monoisotopic (exact) mass is 557 g/mol. The van der Waals surface area contributed by atoms with E-state index in [2.05, 4.69) is 63.4 Å². The molecule has 4 rings (SSSR count). The van der Waals surface area contributed by atoms with E-state index >= 15 is 0 Å². The fourth-order valence-electron chi connectivity index (χ4n) is 5.38. The van der Waals surface area contributed by atoms with E-state index in [0.717, 1.165) is 53.9 Å². The smallest absolute Gasteiger partial charge is 0.247 e. The van der Waals surface area contributed by atoms with Crippen molar-refractivity contribution in [3.05, 3.63) is 60.9 Å². The zero-order chi connectivity index (χ0) is 29.5. The number of amides is 1. The van der Waals surface area contributed by atoms with Gasteiger partial charge in [-0.3, -0.25) is 10.2 Å². The number of nitrogens with one attached hydrogen (secondary N) is 3. The molecule has 0 aliphatic heterocycles. The number of carbonyl (C=O) groups is 1. The van der Waals surface area contributed by atoms with Crippen molar-refractivity contribution in [2.24, 2.45) is 0 Å². The molecule has 1 fully saturated rings. The minimum absolute atomic E-state index is 0.283. The molecule has 1 heterocycles. The third-order valence-electron chi connectivity index (χ3n) is 7.81. The van der Waals surface area contributed by atoms with Crippen molar-refractivity contribution >= 4 is 40.7 Å². The van der Waals surface area contributed by atoms with Crippen molar-refractivity contribution in [1.82, 2.24) is 14.9 Å². The molecule has 3 aromatic rings. The number of nitrogens with zero attached hydrogens (tertiary/aromatic N) is 4. The van der Waals surface area contributed by atoms with E-state index in [1.165, 1.54) is 12.4 Å². The molecule has 10 heteroatoms. The van der Waals surface area contributed by atoms with E-state index in [0.29, 0.717) is 35.0 Å². The Hall–Kier alpha value is -4.44. The van der Waals surface area contributed by atoms with Crippen LogP contribution in [0.2, 0.25) is 0 Å². The number of hydrogen-bond donors (Lipinski definition) is 4. The van der Waals surface area contributed by atoms with Crippen molar-refractivity contribution in [3.63, 3.8) is 0 Å². The maximum atomic E-state index is 12.4. The third-order valence-corrected chi connectivity index (χ3v) is 7.81. The minimum atomic E-state index is -0.283. The molecular formula is C31H41N8O2+. The first-order chi connectivity index (χ1) is 19.8. The van der Waals surface area contributed by atoms with Gasteiger partial charge in [0.25, 0.3) is 0 Å². The van der Waals surface area contributed by atoms with Gasteiger partial charge in [0, 0.05) is 49.6 Å². The van der Waals surface area contributed by atoms with Crippen LogP contribution in [-0.2, 0) is 4.79 Å². The quantitative estimate of drug-likeness (QED) is 0.209. The number of ether oxygens (including phenoxy) is 1. The predicted octanol–water partition coefficient (Wildman–Crippen LogP) is 3.55. The second-order valence-electron chi connectivity index (χ2n) is 10.4. The first-order valence-corrected chi connectivity index (χ1v) is 13.8. The largest absolute Gasteiger partial charge is 0.494 e. The van der Waals surface area contributed by atoms with Crippen LogP contribution >= 0.6 is 0 Å². The zero-order valence-corrected chi connectivity index (χ0v) is 24.6. The highest BCUT2D eigenvalue weighted by Gasteiger charge is 2.27. The van der Waals surface area contributed by atoms with Crippen LogP contribution in [0.3, 0.4) is 0 Å². The Morgan fingerprint density at radius 3 is 2.39 bits per heavy atom.